The van der Waals surface area contributed by atoms with Gasteiger partial charge in [0.1, 0.15) is 4.83 Å². The molecule has 0 saturated carbocycles. The zero-order chi connectivity index (χ0) is 18.0. The number of ether oxygens (including phenoxy) is 1. The van der Waals surface area contributed by atoms with E-state index < -0.39 is 0 Å². The fourth-order valence-electron chi connectivity index (χ4n) is 2.43. The summed E-state index contributed by atoms with van der Waals surface area (Å²) in [6, 6.07) is 3.98. The van der Waals surface area contributed by atoms with Gasteiger partial charge in [0.2, 0.25) is 0 Å². The molecule has 0 aromatic carbocycles. The Kier molecular flexibility index (Phi) is 5.61. The van der Waals surface area contributed by atoms with Crippen molar-refractivity contribution in [1.29, 1.82) is 0 Å². The highest BCUT2D eigenvalue weighted by atomic mass is 32.2. The number of carbonyl (C=O) groups is 1. The summed E-state index contributed by atoms with van der Waals surface area (Å²) in [6.07, 6.45) is -0.150. The zero-order valence-electron chi connectivity index (χ0n) is 14.1. The second-order valence-corrected chi connectivity index (χ2v) is 8.33. The average Bonchev–Trinajstić information content (AvgIpc) is 3.21. The van der Waals surface area contributed by atoms with Gasteiger partial charge in [0, 0.05) is 22.4 Å². The van der Waals surface area contributed by atoms with E-state index in [1.54, 1.807) is 15.9 Å². The van der Waals surface area contributed by atoms with Crippen LogP contribution in [0.5, 0.6) is 0 Å². The van der Waals surface area contributed by atoms with Gasteiger partial charge in [-0.05, 0) is 32.2 Å². The molecule has 0 spiro atoms. The summed E-state index contributed by atoms with van der Waals surface area (Å²) in [5.41, 5.74) is 0.877. The number of hydrogen-bond donors (Lipinski definition) is 0. The van der Waals surface area contributed by atoms with Crippen LogP contribution in [0.1, 0.15) is 20.8 Å². The third-order valence-corrected chi connectivity index (χ3v) is 6.17. The van der Waals surface area contributed by atoms with Crippen molar-refractivity contribution < 1.29 is 9.53 Å². The zero-order valence-corrected chi connectivity index (χ0v) is 16.6. The Morgan fingerprint density at radius 3 is 2.84 bits per heavy atom. The number of fused-ring (bicyclic) bond motifs is 1. The van der Waals surface area contributed by atoms with Gasteiger partial charge in [0.15, 0.2) is 5.16 Å². The van der Waals surface area contributed by atoms with Gasteiger partial charge in [-0.2, -0.15) is 0 Å². The molecule has 3 heterocycles. The van der Waals surface area contributed by atoms with E-state index in [0.29, 0.717) is 21.9 Å². The first-order valence-corrected chi connectivity index (χ1v) is 10.6. The molecule has 0 unspecified atom stereocenters. The molecular weight excluding hydrogens is 376 g/mol. The molecule has 0 bridgehead atoms. The highest BCUT2D eigenvalue weighted by Crippen LogP contribution is 2.34. The molecule has 0 radical (unpaired) electrons. The quantitative estimate of drug-likeness (QED) is 0.355. The Hall–Kier alpha value is -1.64. The van der Waals surface area contributed by atoms with E-state index in [-0.39, 0.29) is 23.4 Å². The van der Waals surface area contributed by atoms with Crippen LogP contribution in [0.2, 0.25) is 0 Å². The fraction of sp³-hybridized carbons (Fsp3) is 0.353. The highest BCUT2D eigenvalue weighted by molar-refractivity contribution is 7.99. The number of nitrogens with zero attached hydrogens (tertiary/aromatic N) is 2. The minimum atomic E-state index is -0.303. The van der Waals surface area contributed by atoms with Crippen molar-refractivity contribution in [3.05, 3.63) is 33.2 Å². The van der Waals surface area contributed by atoms with Crippen molar-refractivity contribution in [2.45, 2.75) is 38.6 Å². The molecule has 8 heteroatoms. The van der Waals surface area contributed by atoms with E-state index in [9.17, 15) is 9.59 Å². The van der Waals surface area contributed by atoms with Gasteiger partial charge in [-0.1, -0.05) is 17.8 Å². The van der Waals surface area contributed by atoms with Gasteiger partial charge < -0.3 is 4.74 Å². The van der Waals surface area contributed by atoms with Crippen LogP contribution in [0.4, 0.5) is 0 Å². The summed E-state index contributed by atoms with van der Waals surface area (Å²) >= 11 is 4.31. The average molecular weight is 395 g/mol. The normalized spacial score (nSPS) is 11.4. The number of thioether (sulfide) groups is 1. The van der Waals surface area contributed by atoms with Crippen LogP contribution in [-0.4, -0.2) is 27.4 Å². The van der Waals surface area contributed by atoms with Crippen molar-refractivity contribution in [2.24, 2.45) is 0 Å². The third kappa shape index (κ3) is 3.80. The molecule has 0 saturated heterocycles. The van der Waals surface area contributed by atoms with Crippen LogP contribution >= 0.6 is 34.4 Å². The lowest BCUT2D eigenvalue weighted by molar-refractivity contribution is -0.144. The lowest BCUT2D eigenvalue weighted by atomic mass is 10.2. The molecule has 0 aliphatic carbocycles. The highest BCUT2D eigenvalue weighted by Gasteiger charge is 2.18. The van der Waals surface area contributed by atoms with Crippen LogP contribution in [0, 0.1) is 0 Å². The summed E-state index contributed by atoms with van der Waals surface area (Å²) in [5, 5.41) is 5.19. The first kappa shape index (κ1) is 18.2. The van der Waals surface area contributed by atoms with Crippen molar-refractivity contribution in [3.63, 3.8) is 0 Å². The maximum Gasteiger partial charge on any atom is 0.316 e. The van der Waals surface area contributed by atoms with Gasteiger partial charge >= 0.3 is 5.97 Å². The SMILES string of the molecule is CCn1c(SCC(=O)OC(C)C)nc2scc(-c3cccs3)c2c1=O. The van der Waals surface area contributed by atoms with Gasteiger partial charge in [-0.25, -0.2) is 4.98 Å². The van der Waals surface area contributed by atoms with Gasteiger partial charge in [-0.3, -0.25) is 14.2 Å². The van der Waals surface area contributed by atoms with E-state index in [1.165, 1.54) is 23.1 Å². The molecule has 0 amide bonds. The molecular formula is C17H18N2O3S3. The molecule has 0 atom stereocenters. The van der Waals surface area contributed by atoms with Crippen molar-refractivity contribution in [2.75, 3.05) is 5.75 Å². The summed E-state index contributed by atoms with van der Waals surface area (Å²) < 4.78 is 6.77. The fourth-order valence-corrected chi connectivity index (χ4v) is 5.08. The lowest BCUT2D eigenvalue weighted by Crippen LogP contribution is -2.23. The maximum absolute atomic E-state index is 13.0. The topological polar surface area (TPSA) is 61.2 Å². The van der Waals surface area contributed by atoms with Crippen LogP contribution in [0.15, 0.2) is 32.8 Å². The maximum atomic E-state index is 13.0. The number of esters is 1. The summed E-state index contributed by atoms with van der Waals surface area (Å²) in [5.74, 6) is -0.165. The van der Waals surface area contributed by atoms with Crippen LogP contribution in [0.3, 0.4) is 0 Å². The van der Waals surface area contributed by atoms with Crippen LogP contribution in [-0.2, 0) is 16.1 Å². The monoisotopic (exact) mass is 394 g/mol. The lowest BCUT2D eigenvalue weighted by Gasteiger charge is -2.11. The van der Waals surface area contributed by atoms with E-state index in [2.05, 4.69) is 4.98 Å². The molecule has 0 aliphatic heterocycles. The molecule has 3 aromatic heterocycles. The molecule has 132 valence electrons. The Balaban J connectivity index is 1.98. The van der Waals surface area contributed by atoms with Gasteiger partial charge in [0.05, 0.1) is 17.2 Å². The summed E-state index contributed by atoms with van der Waals surface area (Å²) in [7, 11) is 0. The summed E-state index contributed by atoms with van der Waals surface area (Å²) in [4.78, 5) is 31.2. The smallest absolute Gasteiger partial charge is 0.316 e. The number of thiophene rings is 2. The second-order valence-electron chi connectivity index (χ2n) is 5.58. The minimum absolute atomic E-state index is 0.0584. The van der Waals surface area contributed by atoms with E-state index >= 15 is 0 Å². The van der Waals surface area contributed by atoms with Crippen LogP contribution in [0.25, 0.3) is 20.7 Å². The van der Waals surface area contributed by atoms with Gasteiger partial charge in [0.25, 0.3) is 5.56 Å². The van der Waals surface area contributed by atoms with Gasteiger partial charge in [-0.15, -0.1) is 22.7 Å². The Labute approximate surface area is 157 Å². The summed E-state index contributed by atoms with van der Waals surface area (Å²) in [6.45, 7) is 6.03. The number of rotatable bonds is 6. The Bertz CT molecular complexity index is 942. The Morgan fingerprint density at radius 1 is 1.40 bits per heavy atom. The standard InChI is InChI=1S/C17H18N2O3S3/c1-4-19-16(21)14-11(12-6-5-7-23-12)8-24-15(14)18-17(19)25-9-13(20)22-10(2)3/h5-8,10H,4,9H2,1-3H3. The molecule has 0 fully saturated rings. The van der Waals surface area contributed by atoms with E-state index in [1.807, 2.05) is 43.7 Å². The predicted octanol–water partition coefficient (Wildman–Crippen LogP) is 4.25. The third-order valence-electron chi connectivity index (χ3n) is 3.45. The van der Waals surface area contributed by atoms with Crippen molar-refractivity contribution in [3.8, 4) is 10.4 Å². The molecule has 25 heavy (non-hydrogen) atoms. The van der Waals surface area contributed by atoms with Crippen molar-refractivity contribution >= 4 is 50.6 Å². The Morgan fingerprint density at radius 2 is 2.20 bits per heavy atom. The largest absolute Gasteiger partial charge is 0.462 e. The molecule has 0 aliphatic rings. The number of carbonyl (C=O) groups excluding carboxylic acids is 1. The first-order valence-electron chi connectivity index (χ1n) is 7.89. The second kappa shape index (κ2) is 7.72. The first-order chi connectivity index (χ1) is 12.0. The van der Waals surface area contributed by atoms with Crippen molar-refractivity contribution in [1.82, 2.24) is 9.55 Å². The molecule has 3 aromatic rings. The van der Waals surface area contributed by atoms with E-state index in [0.717, 1.165) is 10.4 Å². The number of aromatic nitrogens is 2. The molecule has 5 nitrogen and oxygen atoms in total. The van der Waals surface area contributed by atoms with Crippen LogP contribution < -0.4 is 5.56 Å². The number of hydrogen-bond acceptors (Lipinski definition) is 7. The van der Waals surface area contributed by atoms with E-state index in [4.69, 9.17) is 4.74 Å². The molecule has 3 rings (SSSR count). The predicted molar refractivity (Wildman–Crippen MR) is 105 cm³/mol. The molecule has 0 N–H and O–H groups in total. The minimum Gasteiger partial charge on any atom is -0.462 e.